The van der Waals surface area contributed by atoms with Crippen molar-refractivity contribution >= 4 is 11.8 Å². The van der Waals surface area contributed by atoms with E-state index in [9.17, 15) is 9.59 Å². The molecule has 1 aromatic heterocycles. The van der Waals surface area contributed by atoms with Crippen LogP contribution in [0.1, 0.15) is 40.3 Å². The van der Waals surface area contributed by atoms with Gasteiger partial charge in [-0.3, -0.25) is 19.5 Å². The predicted molar refractivity (Wildman–Crippen MR) is 109 cm³/mol. The van der Waals surface area contributed by atoms with Crippen molar-refractivity contribution in [1.29, 1.82) is 0 Å². The molecule has 2 aromatic rings. The topological polar surface area (TPSA) is 65.5 Å². The molecule has 1 fully saturated rings. The second-order valence-electron chi connectivity index (χ2n) is 7.59. The summed E-state index contributed by atoms with van der Waals surface area (Å²) in [6.45, 7) is 8.57. The smallest absolute Gasteiger partial charge is 0.272 e. The summed E-state index contributed by atoms with van der Waals surface area (Å²) in [7, 11) is 0. The van der Waals surface area contributed by atoms with Crippen LogP contribution >= 0.6 is 0 Å². The maximum Gasteiger partial charge on any atom is 0.272 e. The number of amides is 2. The number of carbonyl (C=O) groups is 2. The molecule has 0 radical (unpaired) electrons. The highest BCUT2D eigenvalue weighted by atomic mass is 16.2. The van der Waals surface area contributed by atoms with Crippen LogP contribution in [0.4, 0.5) is 0 Å². The van der Waals surface area contributed by atoms with Crippen molar-refractivity contribution in [3.8, 4) is 0 Å². The van der Waals surface area contributed by atoms with E-state index in [1.807, 2.05) is 36.9 Å². The summed E-state index contributed by atoms with van der Waals surface area (Å²) >= 11 is 0. The summed E-state index contributed by atoms with van der Waals surface area (Å²) in [4.78, 5) is 33.4. The van der Waals surface area contributed by atoms with Gasteiger partial charge in [-0.1, -0.05) is 44.2 Å². The van der Waals surface area contributed by atoms with Crippen LogP contribution in [0.25, 0.3) is 0 Å². The van der Waals surface area contributed by atoms with E-state index < -0.39 is 0 Å². The van der Waals surface area contributed by atoms with Crippen molar-refractivity contribution in [2.75, 3.05) is 32.7 Å². The third-order valence-electron chi connectivity index (χ3n) is 4.82. The third kappa shape index (κ3) is 5.39. The summed E-state index contributed by atoms with van der Waals surface area (Å²) in [6, 6.07) is 13.6. The lowest BCUT2D eigenvalue weighted by molar-refractivity contribution is 0.0622. The molecule has 2 heterocycles. The molecular weight excluding hydrogens is 352 g/mol. The lowest BCUT2D eigenvalue weighted by atomic mass is 10.1. The highest BCUT2D eigenvalue weighted by molar-refractivity contribution is 5.98. The van der Waals surface area contributed by atoms with Crippen molar-refractivity contribution in [3.05, 3.63) is 65.5 Å². The number of nitrogens with one attached hydrogen (secondary N) is 1. The van der Waals surface area contributed by atoms with Gasteiger partial charge in [0.05, 0.1) is 0 Å². The minimum absolute atomic E-state index is 0.113. The molecular formula is C22H28N4O2. The maximum atomic E-state index is 12.8. The Morgan fingerprint density at radius 2 is 1.79 bits per heavy atom. The number of nitrogens with zero attached hydrogens (tertiary/aromatic N) is 3. The zero-order chi connectivity index (χ0) is 19.9. The van der Waals surface area contributed by atoms with E-state index in [2.05, 4.69) is 27.3 Å². The fourth-order valence-electron chi connectivity index (χ4n) is 3.20. The molecule has 6 nitrogen and oxygen atoms in total. The molecule has 0 bridgehead atoms. The quantitative estimate of drug-likeness (QED) is 0.836. The summed E-state index contributed by atoms with van der Waals surface area (Å²) in [5, 5.41) is 2.87. The van der Waals surface area contributed by atoms with Gasteiger partial charge in [0.1, 0.15) is 5.69 Å². The van der Waals surface area contributed by atoms with Crippen LogP contribution in [0, 0.1) is 5.92 Å². The first-order valence-electron chi connectivity index (χ1n) is 9.82. The van der Waals surface area contributed by atoms with Gasteiger partial charge >= 0.3 is 0 Å². The molecule has 6 heteroatoms. The minimum Gasteiger partial charge on any atom is -0.352 e. The largest absolute Gasteiger partial charge is 0.352 e. The normalized spacial score (nSPS) is 14.9. The molecule has 1 N–H and O–H groups in total. The zero-order valence-corrected chi connectivity index (χ0v) is 16.6. The number of benzene rings is 1. The number of rotatable bonds is 6. The SMILES string of the molecule is CC(C)CNC(=O)c1ccnc(C(=O)N2CCN(Cc3ccccc3)CC2)c1. The Balaban J connectivity index is 1.56. The molecule has 2 amide bonds. The van der Waals surface area contributed by atoms with Crippen molar-refractivity contribution in [1.82, 2.24) is 20.1 Å². The van der Waals surface area contributed by atoms with Crippen LogP contribution in [0.2, 0.25) is 0 Å². The predicted octanol–water partition coefficient (Wildman–Crippen LogP) is 2.43. The molecule has 28 heavy (non-hydrogen) atoms. The van der Waals surface area contributed by atoms with E-state index in [4.69, 9.17) is 0 Å². The fourth-order valence-corrected chi connectivity index (χ4v) is 3.20. The molecule has 148 valence electrons. The average molecular weight is 380 g/mol. The van der Waals surface area contributed by atoms with Gasteiger partial charge in [0.25, 0.3) is 11.8 Å². The molecule has 1 aromatic carbocycles. The lowest BCUT2D eigenvalue weighted by Gasteiger charge is -2.34. The molecule has 0 atom stereocenters. The minimum atomic E-state index is -0.169. The Bertz CT molecular complexity index is 799. The van der Waals surface area contributed by atoms with Gasteiger partial charge in [0.2, 0.25) is 0 Å². The second-order valence-corrected chi connectivity index (χ2v) is 7.59. The van der Waals surface area contributed by atoms with Crippen LogP contribution in [0.5, 0.6) is 0 Å². The average Bonchev–Trinajstić information content (AvgIpc) is 2.73. The van der Waals surface area contributed by atoms with E-state index in [1.54, 1.807) is 12.1 Å². The van der Waals surface area contributed by atoms with E-state index in [-0.39, 0.29) is 11.8 Å². The van der Waals surface area contributed by atoms with Crippen LogP contribution < -0.4 is 5.32 Å². The number of hydrogen-bond donors (Lipinski definition) is 1. The van der Waals surface area contributed by atoms with Crippen molar-refractivity contribution in [3.63, 3.8) is 0 Å². The number of pyridine rings is 1. The Morgan fingerprint density at radius 1 is 1.07 bits per heavy atom. The van der Waals surface area contributed by atoms with Gasteiger partial charge in [-0.2, -0.15) is 0 Å². The summed E-state index contributed by atoms with van der Waals surface area (Å²) in [5.74, 6) is 0.0924. The number of piperazine rings is 1. The molecule has 0 saturated carbocycles. The molecule has 1 saturated heterocycles. The summed E-state index contributed by atoms with van der Waals surface area (Å²) in [5.41, 5.74) is 2.08. The first-order valence-corrected chi connectivity index (χ1v) is 9.82. The van der Waals surface area contributed by atoms with Gasteiger partial charge in [-0.25, -0.2) is 0 Å². The number of aromatic nitrogens is 1. The van der Waals surface area contributed by atoms with E-state index in [0.717, 1.165) is 19.6 Å². The van der Waals surface area contributed by atoms with Crippen LogP contribution in [0.15, 0.2) is 48.7 Å². The van der Waals surface area contributed by atoms with Gasteiger partial charge in [-0.05, 0) is 23.6 Å². The van der Waals surface area contributed by atoms with Crippen molar-refractivity contribution in [2.45, 2.75) is 20.4 Å². The highest BCUT2D eigenvalue weighted by Gasteiger charge is 2.23. The van der Waals surface area contributed by atoms with Crippen LogP contribution in [-0.4, -0.2) is 59.3 Å². The fraction of sp³-hybridized carbons (Fsp3) is 0.409. The van der Waals surface area contributed by atoms with Gasteiger partial charge in [0.15, 0.2) is 0 Å². The summed E-state index contributed by atoms with van der Waals surface area (Å²) < 4.78 is 0. The Kier molecular flexibility index (Phi) is 6.76. The highest BCUT2D eigenvalue weighted by Crippen LogP contribution is 2.12. The standard InChI is InChI=1S/C22H28N4O2/c1-17(2)15-24-21(27)19-8-9-23-20(14-19)22(28)26-12-10-25(11-13-26)16-18-6-4-3-5-7-18/h3-9,14,17H,10-13,15-16H2,1-2H3,(H,24,27). The van der Waals surface area contributed by atoms with E-state index >= 15 is 0 Å². The Labute approximate surface area is 166 Å². The number of hydrogen-bond acceptors (Lipinski definition) is 4. The third-order valence-corrected chi connectivity index (χ3v) is 4.82. The Hall–Kier alpha value is -2.73. The first-order chi connectivity index (χ1) is 13.5. The second kappa shape index (κ2) is 9.46. The van der Waals surface area contributed by atoms with E-state index in [1.165, 1.54) is 11.8 Å². The molecule has 0 spiro atoms. The van der Waals surface area contributed by atoms with E-state index in [0.29, 0.717) is 36.8 Å². The van der Waals surface area contributed by atoms with Gasteiger partial charge < -0.3 is 10.2 Å². The molecule has 0 aliphatic carbocycles. The first kappa shape index (κ1) is 20.0. The van der Waals surface area contributed by atoms with Gasteiger partial charge in [0, 0.05) is 51.0 Å². The lowest BCUT2D eigenvalue weighted by Crippen LogP contribution is -2.48. The van der Waals surface area contributed by atoms with Crippen LogP contribution in [-0.2, 0) is 6.54 Å². The monoisotopic (exact) mass is 380 g/mol. The van der Waals surface area contributed by atoms with Crippen molar-refractivity contribution < 1.29 is 9.59 Å². The summed E-state index contributed by atoms with van der Waals surface area (Å²) in [6.07, 6.45) is 1.53. The van der Waals surface area contributed by atoms with Crippen LogP contribution in [0.3, 0.4) is 0 Å². The Morgan fingerprint density at radius 3 is 2.46 bits per heavy atom. The maximum absolute atomic E-state index is 12.8. The molecule has 1 aliphatic rings. The molecule has 0 unspecified atom stereocenters. The number of carbonyl (C=O) groups excluding carboxylic acids is 2. The van der Waals surface area contributed by atoms with Gasteiger partial charge in [-0.15, -0.1) is 0 Å². The van der Waals surface area contributed by atoms with Crippen molar-refractivity contribution in [2.24, 2.45) is 5.92 Å². The molecule has 1 aliphatic heterocycles. The molecule has 3 rings (SSSR count). The zero-order valence-electron chi connectivity index (χ0n) is 16.6.